The molecule has 0 saturated carbocycles. The summed E-state index contributed by atoms with van der Waals surface area (Å²) in [6, 6.07) is 1.66. The summed E-state index contributed by atoms with van der Waals surface area (Å²) in [4.78, 5) is 24.6. The van der Waals surface area contributed by atoms with Crippen molar-refractivity contribution in [3.8, 4) is 0 Å². The summed E-state index contributed by atoms with van der Waals surface area (Å²) in [6.07, 6.45) is 0. The molecule has 0 bridgehead atoms. The van der Waals surface area contributed by atoms with E-state index in [1.165, 1.54) is 17.0 Å². The number of hydrogen-bond donors (Lipinski definition) is 0. The van der Waals surface area contributed by atoms with Gasteiger partial charge in [-0.2, -0.15) is 0 Å². The minimum Gasteiger partial charge on any atom is -0.330 e. The molecule has 0 spiro atoms. The average Bonchev–Trinajstić information content (AvgIpc) is 3.00. The molecular weight excluding hydrogens is 310 g/mol. The second-order valence-electron chi connectivity index (χ2n) is 6.14. The second-order valence-corrected chi connectivity index (χ2v) is 6.98. The van der Waals surface area contributed by atoms with Crippen molar-refractivity contribution < 1.29 is 0 Å². The lowest BCUT2D eigenvalue weighted by Crippen LogP contribution is -2.34. The Morgan fingerprint density at radius 2 is 2.04 bits per heavy atom. The van der Waals surface area contributed by atoms with Crippen LogP contribution in [0.5, 0.6) is 0 Å². The van der Waals surface area contributed by atoms with Gasteiger partial charge in [0.05, 0.1) is 17.9 Å². The Morgan fingerprint density at radius 3 is 2.87 bits per heavy atom. The van der Waals surface area contributed by atoms with Crippen LogP contribution in [0.25, 0.3) is 4.96 Å². The smallest absolute Gasteiger partial charge is 0.259 e. The highest BCUT2D eigenvalue weighted by Crippen LogP contribution is 2.19. The standard InChI is InChI=1S/C16H19N5OS/c1-10-9-23-16-18-13(6-15(22)21(10)16)7-19-4-5-20-12(3)11(2)17-14(20)8-19/h6,9H,4-5,7-8H2,1-3H3. The zero-order valence-corrected chi connectivity index (χ0v) is 14.4. The van der Waals surface area contributed by atoms with Crippen LogP contribution in [0, 0.1) is 20.8 Å². The second kappa shape index (κ2) is 5.28. The van der Waals surface area contributed by atoms with Crippen LogP contribution < -0.4 is 5.56 Å². The Balaban J connectivity index is 1.60. The van der Waals surface area contributed by atoms with Gasteiger partial charge in [0.2, 0.25) is 0 Å². The van der Waals surface area contributed by atoms with Gasteiger partial charge in [0.25, 0.3) is 5.56 Å². The molecule has 1 aliphatic rings. The number of nitrogens with zero attached hydrogens (tertiary/aromatic N) is 5. The fourth-order valence-corrected chi connectivity index (χ4v) is 4.10. The van der Waals surface area contributed by atoms with E-state index in [-0.39, 0.29) is 5.56 Å². The van der Waals surface area contributed by atoms with Crippen molar-refractivity contribution in [3.05, 3.63) is 50.4 Å². The van der Waals surface area contributed by atoms with Gasteiger partial charge in [0, 0.05) is 42.5 Å². The van der Waals surface area contributed by atoms with E-state index >= 15 is 0 Å². The van der Waals surface area contributed by atoms with Crippen molar-refractivity contribution in [2.75, 3.05) is 6.54 Å². The highest BCUT2D eigenvalue weighted by molar-refractivity contribution is 7.15. The van der Waals surface area contributed by atoms with E-state index < -0.39 is 0 Å². The summed E-state index contributed by atoms with van der Waals surface area (Å²) in [5, 5.41) is 1.97. The number of hydrogen-bond acceptors (Lipinski definition) is 5. The zero-order valence-electron chi connectivity index (χ0n) is 13.5. The number of thiazole rings is 1. The molecule has 0 saturated heterocycles. The van der Waals surface area contributed by atoms with Crippen molar-refractivity contribution in [3.63, 3.8) is 0 Å². The molecule has 120 valence electrons. The number of imidazole rings is 1. The van der Waals surface area contributed by atoms with E-state index in [0.29, 0.717) is 6.54 Å². The van der Waals surface area contributed by atoms with E-state index in [2.05, 4.69) is 33.3 Å². The molecule has 0 fully saturated rings. The summed E-state index contributed by atoms with van der Waals surface area (Å²) >= 11 is 1.52. The first-order chi connectivity index (χ1) is 11.0. The van der Waals surface area contributed by atoms with E-state index in [1.807, 2.05) is 12.3 Å². The largest absolute Gasteiger partial charge is 0.330 e. The zero-order chi connectivity index (χ0) is 16.1. The lowest BCUT2D eigenvalue weighted by Gasteiger charge is -2.27. The van der Waals surface area contributed by atoms with E-state index in [4.69, 9.17) is 0 Å². The fraction of sp³-hybridized carbons (Fsp3) is 0.438. The van der Waals surface area contributed by atoms with E-state index in [9.17, 15) is 4.79 Å². The first-order valence-electron chi connectivity index (χ1n) is 7.74. The van der Waals surface area contributed by atoms with Gasteiger partial charge in [0.15, 0.2) is 4.96 Å². The van der Waals surface area contributed by atoms with Gasteiger partial charge in [-0.3, -0.25) is 14.1 Å². The highest BCUT2D eigenvalue weighted by Gasteiger charge is 2.21. The number of aromatic nitrogens is 4. The molecule has 0 atom stereocenters. The maximum atomic E-state index is 12.3. The van der Waals surface area contributed by atoms with Gasteiger partial charge in [-0.25, -0.2) is 9.97 Å². The van der Waals surface area contributed by atoms with Gasteiger partial charge < -0.3 is 4.57 Å². The Bertz CT molecular complexity index is 951. The maximum absolute atomic E-state index is 12.3. The summed E-state index contributed by atoms with van der Waals surface area (Å²) in [5.74, 6) is 1.11. The molecular formula is C16H19N5OS. The number of aryl methyl sites for hydroxylation is 2. The monoisotopic (exact) mass is 329 g/mol. The Morgan fingerprint density at radius 1 is 1.22 bits per heavy atom. The van der Waals surface area contributed by atoms with Crippen LogP contribution >= 0.6 is 11.3 Å². The van der Waals surface area contributed by atoms with Crippen LogP contribution in [-0.4, -0.2) is 30.4 Å². The van der Waals surface area contributed by atoms with Crippen LogP contribution in [0.4, 0.5) is 0 Å². The van der Waals surface area contributed by atoms with Crippen LogP contribution in [-0.2, 0) is 19.6 Å². The normalized spacial score (nSPS) is 15.3. The van der Waals surface area contributed by atoms with Crippen LogP contribution in [0.3, 0.4) is 0 Å². The maximum Gasteiger partial charge on any atom is 0.259 e. The van der Waals surface area contributed by atoms with Gasteiger partial charge >= 0.3 is 0 Å². The van der Waals surface area contributed by atoms with E-state index in [0.717, 1.165) is 47.5 Å². The molecule has 0 aromatic carbocycles. The minimum atomic E-state index is 0.00829. The first-order valence-corrected chi connectivity index (χ1v) is 8.62. The summed E-state index contributed by atoms with van der Waals surface area (Å²) in [7, 11) is 0. The molecule has 0 unspecified atom stereocenters. The summed E-state index contributed by atoms with van der Waals surface area (Å²) in [6.45, 7) is 9.50. The quantitative estimate of drug-likeness (QED) is 0.720. The Kier molecular flexibility index (Phi) is 3.35. The summed E-state index contributed by atoms with van der Waals surface area (Å²) in [5.41, 5.74) is 4.15. The van der Waals surface area contributed by atoms with Crippen LogP contribution in [0.2, 0.25) is 0 Å². The van der Waals surface area contributed by atoms with Gasteiger partial charge in [0.1, 0.15) is 5.82 Å². The lowest BCUT2D eigenvalue weighted by atomic mass is 10.3. The topological polar surface area (TPSA) is 55.4 Å². The predicted molar refractivity (Wildman–Crippen MR) is 89.9 cm³/mol. The molecule has 4 rings (SSSR count). The molecule has 3 aromatic heterocycles. The van der Waals surface area contributed by atoms with Gasteiger partial charge in [-0.1, -0.05) is 0 Å². The van der Waals surface area contributed by atoms with E-state index in [1.54, 1.807) is 10.5 Å². The number of fused-ring (bicyclic) bond motifs is 2. The lowest BCUT2D eigenvalue weighted by molar-refractivity contribution is 0.205. The Hall–Kier alpha value is -1.99. The SMILES string of the molecule is Cc1nc2n(c1C)CCN(Cc1cc(=O)n3c(C)csc3n1)C2. The van der Waals surface area contributed by atoms with Gasteiger partial charge in [-0.15, -0.1) is 11.3 Å². The van der Waals surface area contributed by atoms with Crippen LogP contribution in [0.15, 0.2) is 16.2 Å². The van der Waals surface area contributed by atoms with Gasteiger partial charge in [-0.05, 0) is 20.8 Å². The molecule has 6 nitrogen and oxygen atoms in total. The third-order valence-electron chi connectivity index (χ3n) is 4.56. The number of rotatable bonds is 2. The molecule has 0 N–H and O–H groups in total. The third-order valence-corrected chi connectivity index (χ3v) is 5.50. The molecule has 0 radical (unpaired) electrons. The summed E-state index contributed by atoms with van der Waals surface area (Å²) < 4.78 is 3.96. The van der Waals surface area contributed by atoms with Crippen molar-refractivity contribution in [1.29, 1.82) is 0 Å². The predicted octanol–water partition coefficient (Wildman–Crippen LogP) is 1.89. The van der Waals surface area contributed by atoms with Crippen molar-refractivity contribution in [2.45, 2.75) is 40.4 Å². The van der Waals surface area contributed by atoms with Crippen LogP contribution in [0.1, 0.15) is 28.6 Å². The molecule has 3 aromatic rings. The van der Waals surface area contributed by atoms with Crippen molar-refractivity contribution in [2.24, 2.45) is 0 Å². The molecule has 4 heterocycles. The highest BCUT2D eigenvalue weighted by atomic mass is 32.1. The minimum absolute atomic E-state index is 0.00829. The first kappa shape index (κ1) is 14.6. The molecule has 0 aliphatic carbocycles. The van der Waals surface area contributed by atoms with Crippen molar-refractivity contribution in [1.82, 2.24) is 23.8 Å². The third kappa shape index (κ3) is 2.40. The molecule has 1 aliphatic heterocycles. The molecule has 0 amide bonds. The average molecular weight is 329 g/mol. The molecule has 23 heavy (non-hydrogen) atoms. The molecule has 7 heteroatoms. The fourth-order valence-electron chi connectivity index (χ4n) is 3.21. The van der Waals surface area contributed by atoms with Crippen molar-refractivity contribution >= 4 is 16.3 Å². The Labute approximate surface area is 138 Å².